The molecule has 0 atom stereocenters. The molecule has 0 saturated carbocycles. The molecule has 3 aromatic carbocycles. The lowest BCUT2D eigenvalue weighted by Crippen LogP contribution is -1.86. The van der Waals surface area contributed by atoms with Crippen LogP contribution in [0.3, 0.4) is 0 Å². The van der Waals surface area contributed by atoms with Gasteiger partial charge in [0.1, 0.15) is 11.4 Å². The van der Waals surface area contributed by atoms with E-state index in [1.165, 1.54) is 0 Å². The average Bonchev–Trinajstić information content (AvgIpc) is 2.55. The fourth-order valence-electron chi connectivity index (χ4n) is 2.21. The van der Waals surface area contributed by atoms with Gasteiger partial charge in [-0.3, -0.25) is 0 Å². The number of rotatable bonds is 3. The van der Waals surface area contributed by atoms with Crippen molar-refractivity contribution in [3.63, 3.8) is 0 Å². The number of nitrogen functional groups attached to an aromatic ring is 1. The number of fused-ring (bicyclic) bond motifs is 1. The molecule has 104 valence electrons. The third kappa shape index (κ3) is 2.56. The molecular weight excluding hydrogens is 262 g/mol. The summed E-state index contributed by atoms with van der Waals surface area (Å²) in [7, 11) is 1.62. The van der Waals surface area contributed by atoms with Crippen molar-refractivity contribution in [3.05, 3.63) is 60.7 Å². The Morgan fingerprint density at radius 1 is 0.762 bits per heavy atom. The Balaban J connectivity index is 2.06. The fraction of sp³-hybridized carbons (Fsp3) is 0.0588. The van der Waals surface area contributed by atoms with Crippen LogP contribution in [0.4, 0.5) is 17.1 Å². The second-order valence-corrected chi connectivity index (χ2v) is 4.59. The Morgan fingerprint density at radius 3 is 2.24 bits per heavy atom. The molecule has 0 aliphatic carbocycles. The maximum Gasteiger partial charge on any atom is 0.146 e. The van der Waals surface area contributed by atoms with E-state index < -0.39 is 0 Å². The molecule has 0 aliphatic rings. The van der Waals surface area contributed by atoms with Crippen LogP contribution in [0.25, 0.3) is 10.8 Å². The van der Waals surface area contributed by atoms with Crippen LogP contribution in [0, 0.1) is 0 Å². The number of nitrogens with two attached hydrogens (primary N) is 1. The highest BCUT2D eigenvalue weighted by atomic mass is 16.5. The summed E-state index contributed by atoms with van der Waals surface area (Å²) in [5, 5.41) is 10.6. The highest BCUT2D eigenvalue weighted by Crippen LogP contribution is 2.33. The normalized spacial score (nSPS) is 11.1. The van der Waals surface area contributed by atoms with Gasteiger partial charge >= 0.3 is 0 Å². The first-order chi connectivity index (χ1) is 10.3. The zero-order valence-corrected chi connectivity index (χ0v) is 11.7. The molecule has 3 aromatic rings. The zero-order valence-electron chi connectivity index (χ0n) is 11.7. The van der Waals surface area contributed by atoms with Crippen molar-refractivity contribution < 1.29 is 4.74 Å². The van der Waals surface area contributed by atoms with Crippen LogP contribution >= 0.6 is 0 Å². The molecular formula is C17H15N3O. The molecule has 0 bridgehead atoms. The third-order valence-electron chi connectivity index (χ3n) is 3.29. The Labute approximate surface area is 122 Å². The maximum absolute atomic E-state index is 5.99. The maximum atomic E-state index is 5.99. The van der Waals surface area contributed by atoms with Gasteiger partial charge in [-0.2, -0.15) is 0 Å². The summed E-state index contributed by atoms with van der Waals surface area (Å²) in [6.07, 6.45) is 0. The highest BCUT2D eigenvalue weighted by Gasteiger charge is 2.04. The number of azo groups is 1. The Bertz CT molecular complexity index is 812. The molecule has 0 aromatic heterocycles. The van der Waals surface area contributed by atoms with Crippen molar-refractivity contribution in [2.75, 3.05) is 12.8 Å². The lowest BCUT2D eigenvalue weighted by atomic mass is 10.1. The van der Waals surface area contributed by atoms with Gasteiger partial charge in [-0.05, 0) is 24.3 Å². The van der Waals surface area contributed by atoms with Crippen LogP contribution in [0.2, 0.25) is 0 Å². The van der Waals surface area contributed by atoms with Gasteiger partial charge in [0.15, 0.2) is 0 Å². The quantitative estimate of drug-likeness (QED) is 0.549. The van der Waals surface area contributed by atoms with Crippen LogP contribution in [-0.4, -0.2) is 7.11 Å². The Hall–Kier alpha value is -2.88. The third-order valence-corrected chi connectivity index (χ3v) is 3.29. The van der Waals surface area contributed by atoms with Gasteiger partial charge in [0.25, 0.3) is 0 Å². The summed E-state index contributed by atoms with van der Waals surface area (Å²) >= 11 is 0. The molecule has 0 amide bonds. The molecule has 21 heavy (non-hydrogen) atoms. The van der Waals surface area contributed by atoms with E-state index in [4.69, 9.17) is 10.5 Å². The van der Waals surface area contributed by atoms with Crippen molar-refractivity contribution in [1.29, 1.82) is 0 Å². The van der Waals surface area contributed by atoms with E-state index >= 15 is 0 Å². The van der Waals surface area contributed by atoms with E-state index in [0.29, 0.717) is 11.4 Å². The molecule has 2 N–H and O–H groups in total. The summed E-state index contributed by atoms with van der Waals surface area (Å²) in [5.74, 6) is 0.695. The van der Waals surface area contributed by atoms with E-state index in [-0.39, 0.29) is 0 Å². The topological polar surface area (TPSA) is 60.0 Å². The lowest BCUT2D eigenvalue weighted by Gasteiger charge is -2.05. The van der Waals surface area contributed by atoms with Crippen LogP contribution in [0.15, 0.2) is 70.9 Å². The van der Waals surface area contributed by atoms with Crippen molar-refractivity contribution in [2.24, 2.45) is 10.2 Å². The van der Waals surface area contributed by atoms with E-state index in [2.05, 4.69) is 10.2 Å². The van der Waals surface area contributed by atoms with Gasteiger partial charge in [0.05, 0.1) is 12.8 Å². The lowest BCUT2D eigenvalue weighted by molar-refractivity contribution is 0.416. The van der Waals surface area contributed by atoms with E-state index in [0.717, 1.165) is 22.1 Å². The summed E-state index contributed by atoms with van der Waals surface area (Å²) in [4.78, 5) is 0. The number of benzene rings is 3. The van der Waals surface area contributed by atoms with E-state index in [1.54, 1.807) is 7.11 Å². The Kier molecular flexibility index (Phi) is 3.51. The highest BCUT2D eigenvalue weighted by molar-refractivity contribution is 5.99. The molecule has 0 fully saturated rings. The predicted octanol–water partition coefficient (Wildman–Crippen LogP) is 4.85. The minimum Gasteiger partial charge on any atom is -0.494 e. The summed E-state index contributed by atoms with van der Waals surface area (Å²) in [6, 6.07) is 19.1. The summed E-state index contributed by atoms with van der Waals surface area (Å²) < 4.78 is 5.27. The molecule has 0 aliphatic heterocycles. The van der Waals surface area contributed by atoms with Crippen molar-refractivity contribution >= 4 is 27.8 Å². The molecule has 4 nitrogen and oxygen atoms in total. The number of hydrogen-bond donors (Lipinski definition) is 1. The molecule has 0 radical (unpaired) electrons. The van der Waals surface area contributed by atoms with Gasteiger partial charge in [0, 0.05) is 16.5 Å². The number of nitrogens with zero attached hydrogens (tertiary/aromatic N) is 2. The van der Waals surface area contributed by atoms with Gasteiger partial charge in [-0.25, -0.2) is 0 Å². The minimum absolute atomic E-state index is 0.695. The average molecular weight is 277 g/mol. The standard InChI is InChI=1S/C17H15N3O/c1-21-17-9-5-4-8-16(17)20-19-15-11-10-14(18)12-6-2-3-7-13(12)15/h2-11H,18H2,1H3. The summed E-state index contributed by atoms with van der Waals surface area (Å²) in [5.41, 5.74) is 8.20. The van der Waals surface area contributed by atoms with Crippen LogP contribution in [-0.2, 0) is 0 Å². The minimum atomic E-state index is 0.695. The van der Waals surface area contributed by atoms with Crippen LogP contribution < -0.4 is 10.5 Å². The molecule has 3 rings (SSSR count). The molecule has 0 heterocycles. The van der Waals surface area contributed by atoms with Crippen LogP contribution in [0.1, 0.15) is 0 Å². The number of methoxy groups -OCH3 is 1. The number of hydrogen-bond acceptors (Lipinski definition) is 4. The smallest absolute Gasteiger partial charge is 0.146 e. The first kappa shape index (κ1) is 13.1. The molecule has 0 saturated heterocycles. The zero-order chi connectivity index (χ0) is 14.7. The largest absolute Gasteiger partial charge is 0.494 e. The van der Waals surface area contributed by atoms with Crippen molar-refractivity contribution in [2.45, 2.75) is 0 Å². The number of anilines is 1. The predicted molar refractivity (Wildman–Crippen MR) is 85.5 cm³/mol. The Morgan fingerprint density at radius 2 is 1.43 bits per heavy atom. The second-order valence-electron chi connectivity index (χ2n) is 4.59. The van der Waals surface area contributed by atoms with Gasteiger partial charge in [-0.1, -0.05) is 36.4 Å². The van der Waals surface area contributed by atoms with Gasteiger partial charge in [-0.15, -0.1) is 10.2 Å². The first-order valence-corrected chi connectivity index (χ1v) is 6.61. The van der Waals surface area contributed by atoms with Gasteiger partial charge < -0.3 is 10.5 Å². The molecule has 4 heteroatoms. The van der Waals surface area contributed by atoms with E-state index in [9.17, 15) is 0 Å². The van der Waals surface area contributed by atoms with Crippen molar-refractivity contribution in [3.8, 4) is 5.75 Å². The first-order valence-electron chi connectivity index (χ1n) is 6.61. The SMILES string of the molecule is COc1ccccc1N=Nc1ccc(N)c2ccccc12. The van der Waals surface area contributed by atoms with E-state index in [1.807, 2.05) is 60.7 Å². The van der Waals surface area contributed by atoms with Crippen molar-refractivity contribution in [1.82, 2.24) is 0 Å². The van der Waals surface area contributed by atoms with Gasteiger partial charge in [0.2, 0.25) is 0 Å². The fourth-order valence-corrected chi connectivity index (χ4v) is 2.21. The monoisotopic (exact) mass is 277 g/mol. The second kappa shape index (κ2) is 5.63. The summed E-state index contributed by atoms with van der Waals surface area (Å²) in [6.45, 7) is 0. The number of para-hydroxylation sites is 1. The number of ether oxygens (including phenoxy) is 1. The molecule has 0 spiro atoms. The van der Waals surface area contributed by atoms with Crippen LogP contribution in [0.5, 0.6) is 5.75 Å². The molecule has 0 unspecified atom stereocenters.